The lowest BCUT2D eigenvalue weighted by molar-refractivity contribution is -0.163. The number of fused-ring (bicyclic) bond motifs is 1. The van der Waals surface area contributed by atoms with E-state index in [1.165, 1.54) is 0 Å². The molecule has 150 valence electrons. The number of nitrogens with zero attached hydrogens (tertiary/aromatic N) is 1. The van der Waals surface area contributed by atoms with Gasteiger partial charge in [0, 0.05) is 18.8 Å². The smallest absolute Gasteiger partial charge is 0.374 e. The number of hydrogen-bond acceptors (Lipinski definition) is 10. The van der Waals surface area contributed by atoms with Gasteiger partial charge in [-0.05, 0) is 12.8 Å². The molecule has 0 spiro atoms. The van der Waals surface area contributed by atoms with Crippen molar-refractivity contribution < 1.29 is 42.9 Å². The molecule has 1 saturated heterocycles. The van der Waals surface area contributed by atoms with Gasteiger partial charge >= 0.3 is 23.9 Å². The molecule has 3 fully saturated rings. The van der Waals surface area contributed by atoms with Gasteiger partial charge in [-0.25, -0.2) is 4.79 Å². The van der Waals surface area contributed by atoms with Crippen molar-refractivity contribution in [3.8, 4) is 6.07 Å². The van der Waals surface area contributed by atoms with E-state index in [0.717, 1.165) is 6.92 Å². The van der Waals surface area contributed by atoms with Crippen LogP contribution in [0.15, 0.2) is 0 Å². The van der Waals surface area contributed by atoms with E-state index in [1.807, 2.05) is 0 Å². The number of hydrogen-bond donors (Lipinski definition) is 0. The fourth-order valence-electron chi connectivity index (χ4n) is 4.17. The van der Waals surface area contributed by atoms with Gasteiger partial charge in [0.25, 0.3) is 0 Å². The maximum atomic E-state index is 12.0. The number of rotatable bonds is 8. The maximum Gasteiger partial charge on any atom is 0.374 e. The van der Waals surface area contributed by atoms with Gasteiger partial charge < -0.3 is 18.9 Å². The van der Waals surface area contributed by atoms with E-state index in [9.17, 15) is 29.2 Å². The van der Waals surface area contributed by atoms with Gasteiger partial charge in [-0.3, -0.25) is 19.2 Å². The first-order chi connectivity index (χ1) is 13.3. The summed E-state index contributed by atoms with van der Waals surface area (Å²) in [5.74, 6) is -3.97. The number of carbonyl (C=O) groups excluding carboxylic acids is 5. The summed E-state index contributed by atoms with van der Waals surface area (Å²) in [5.41, 5.74) is -1.10. The van der Waals surface area contributed by atoms with Gasteiger partial charge in [0.2, 0.25) is 5.78 Å². The number of ketones is 1. The molecule has 1 heterocycles. The van der Waals surface area contributed by atoms with E-state index < -0.39 is 47.3 Å². The van der Waals surface area contributed by atoms with Gasteiger partial charge in [-0.2, -0.15) is 5.26 Å². The van der Waals surface area contributed by atoms with Crippen molar-refractivity contribution in [3.05, 3.63) is 0 Å². The van der Waals surface area contributed by atoms with Crippen LogP contribution in [-0.2, 0) is 42.9 Å². The van der Waals surface area contributed by atoms with Crippen LogP contribution in [0.4, 0.5) is 0 Å². The summed E-state index contributed by atoms with van der Waals surface area (Å²) in [6.45, 7) is 0.573. The summed E-state index contributed by atoms with van der Waals surface area (Å²) in [4.78, 5) is 57.2. The largest absolute Gasteiger partial charge is 0.462 e. The van der Waals surface area contributed by atoms with Crippen LogP contribution in [0, 0.1) is 28.6 Å². The molecule has 0 aromatic heterocycles. The molecule has 10 nitrogen and oxygen atoms in total. The minimum Gasteiger partial charge on any atom is -0.462 e. The van der Waals surface area contributed by atoms with Gasteiger partial charge in [0.15, 0.2) is 5.41 Å². The summed E-state index contributed by atoms with van der Waals surface area (Å²) in [6, 6.07) is 2.08. The fraction of sp³-hybridized carbons (Fsp3) is 0.667. The molecular weight excluding hydrogens is 374 g/mol. The summed E-state index contributed by atoms with van der Waals surface area (Å²) < 4.78 is 20.0. The molecule has 0 radical (unpaired) electrons. The molecule has 2 saturated carbocycles. The number of ether oxygens (including phenoxy) is 4. The Morgan fingerprint density at radius 3 is 2.54 bits per heavy atom. The summed E-state index contributed by atoms with van der Waals surface area (Å²) >= 11 is 0. The van der Waals surface area contributed by atoms with Gasteiger partial charge in [-0.15, -0.1) is 0 Å². The normalized spacial score (nSPS) is 31.6. The second kappa shape index (κ2) is 7.58. The van der Waals surface area contributed by atoms with Crippen molar-refractivity contribution in [2.75, 3.05) is 13.2 Å². The predicted molar refractivity (Wildman–Crippen MR) is 85.9 cm³/mol. The Hall–Kier alpha value is -2.96. The van der Waals surface area contributed by atoms with Crippen molar-refractivity contribution in [3.63, 3.8) is 0 Å². The van der Waals surface area contributed by atoms with Crippen LogP contribution in [0.2, 0.25) is 0 Å². The first-order valence-electron chi connectivity index (χ1n) is 8.93. The number of Topliss-reactive ketones (excluding diaryl/α,β-unsaturated/α-hetero) is 1. The van der Waals surface area contributed by atoms with Crippen molar-refractivity contribution >= 4 is 29.7 Å². The SMILES string of the molecule is CC(=O)C(=O)OCCOC(=O)CCC(=O)OC1C2CC3C1OC(=O)C3(C#N)C2. The number of carbonyl (C=O) groups is 5. The molecule has 0 aromatic carbocycles. The van der Waals surface area contributed by atoms with Crippen LogP contribution in [0.3, 0.4) is 0 Å². The molecule has 5 atom stereocenters. The molecule has 28 heavy (non-hydrogen) atoms. The van der Waals surface area contributed by atoms with Crippen molar-refractivity contribution in [2.24, 2.45) is 17.3 Å². The van der Waals surface area contributed by atoms with E-state index in [-0.39, 0.29) is 37.9 Å². The molecule has 0 aromatic rings. The van der Waals surface area contributed by atoms with Crippen molar-refractivity contribution in [1.82, 2.24) is 0 Å². The zero-order valence-electron chi connectivity index (χ0n) is 15.2. The Balaban J connectivity index is 1.38. The fourth-order valence-corrected chi connectivity index (χ4v) is 4.17. The first kappa shape index (κ1) is 19.8. The molecule has 0 amide bonds. The Kier molecular flexibility index (Phi) is 5.36. The Bertz CT molecular complexity index is 770. The Morgan fingerprint density at radius 2 is 1.86 bits per heavy atom. The minimum absolute atomic E-state index is 0.104. The van der Waals surface area contributed by atoms with Crippen molar-refractivity contribution in [1.29, 1.82) is 5.26 Å². The monoisotopic (exact) mass is 393 g/mol. The van der Waals surface area contributed by atoms with E-state index in [1.54, 1.807) is 0 Å². The average molecular weight is 393 g/mol. The lowest BCUT2D eigenvalue weighted by atomic mass is 9.75. The Morgan fingerprint density at radius 1 is 1.18 bits per heavy atom. The average Bonchev–Trinajstić information content (AvgIpc) is 3.25. The second-order valence-electron chi connectivity index (χ2n) is 7.13. The van der Waals surface area contributed by atoms with Crippen LogP contribution < -0.4 is 0 Å². The molecule has 0 N–H and O–H groups in total. The number of nitriles is 1. The highest BCUT2D eigenvalue weighted by atomic mass is 16.6. The molecule has 3 aliphatic rings. The Labute approximate surface area is 160 Å². The minimum atomic E-state index is -1.10. The third-order valence-corrected chi connectivity index (χ3v) is 5.43. The molecule has 1 aliphatic heterocycles. The van der Waals surface area contributed by atoms with Crippen LogP contribution in [-0.4, -0.2) is 55.1 Å². The lowest BCUT2D eigenvalue weighted by Crippen LogP contribution is -2.39. The van der Waals surface area contributed by atoms with E-state index in [0.29, 0.717) is 12.8 Å². The molecular formula is C18H19NO9. The van der Waals surface area contributed by atoms with Crippen molar-refractivity contribution in [2.45, 2.75) is 44.8 Å². The van der Waals surface area contributed by atoms with Crippen LogP contribution >= 0.6 is 0 Å². The topological polar surface area (TPSA) is 146 Å². The van der Waals surface area contributed by atoms with E-state index >= 15 is 0 Å². The van der Waals surface area contributed by atoms with Crippen LogP contribution in [0.5, 0.6) is 0 Å². The van der Waals surface area contributed by atoms with E-state index in [4.69, 9.17) is 14.2 Å². The zero-order valence-corrected chi connectivity index (χ0v) is 15.2. The van der Waals surface area contributed by atoms with E-state index in [2.05, 4.69) is 10.8 Å². The quantitative estimate of drug-likeness (QED) is 0.236. The predicted octanol–water partition coefficient (Wildman–Crippen LogP) is -0.171. The van der Waals surface area contributed by atoms with Gasteiger partial charge in [0.1, 0.15) is 25.4 Å². The number of esters is 4. The third-order valence-electron chi connectivity index (χ3n) is 5.43. The zero-order chi connectivity index (χ0) is 20.5. The van der Waals surface area contributed by atoms with Gasteiger partial charge in [0.05, 0.1) is 18.9 Å². The third kappa shape index (κ3) is 3.44. The second-order valence-corrected chi connectivity index (χ2v) is 7.13. The van der Waals surface area contributed by atoms with Crippen LogP contribution in [0.25, 0.3) is 0 Å². The summed E-state index contributed by atoms with van der Waals surface area (Å²) in [5, 5.41) is 9.34. The highest BCUT2D eigenvalue weighted by Crippen LogP contribution is 2.62. The molecule has 2 bridgehead atoms. The maximum absolute atomic E-state index is 12.0. The highest BCUT2D eigenvalue weighted by molar-refractivity contribution is 6.32. The van der Waals surface area contributed by atoms with Gasteiger partial charge in [-0.1, -0.05) is 0 Å². The first-order valence-corrected chi connectivity index (χ1v) is 8.93. The highest BCUT2D eigenvalue weighted by Gasteiger charge is 2.72. The lowest BCUT2D eigenvalue weighted by Gasteiger charge is -2.27. The van der Waals surface area contributed by atoms with Crippen LogP contribution in [0.1, 0.15) is 32.6 Å². The standard InChI is InChI=1S/C18H19NO9/c1-9(20)16(23)26-5-4-25-12(21)2-3-13(22)27-14-10-6-11-15(14)28-17(24)18(11,7-10)8-19/h10-11,14-15H,2-7H2,1H3. The molecule has 3 rings (SSSR count). The summed E-state index contributed by atoms with van der Waals surface area (Å²) in [6.07, 6.45) is -0.715. The molecule has 5 unspecified atom stereocenters. The molecule has 2 aliphatic carbocycles. The summed E-state index contributed by atoms with van der Waals surface area (Å²) in [7, 11) is 0. The molecule has 10 heteroatoms.